The molecule has 0 aliphatic carbocycles. The van der Waals surface area contributed by atoms with Gasteiger partial charge in [0.1, 0.15) is 13.4 Å². The van der Waals surface area contributed by atoms with Crippen LogP contribution in [0.25, 0.3) is 0 Å². The quantitative estimate of drug-likeness (QED) is 0.239. The van der Waals surface area contributed by atoms with Gasteiger partial charge < -0.3 is 29.2 Å². The molecule has 144 valence electrons. The lowest BCUT2D eigenvalue weighted by atomic mass is 10.1. The SMILES string of the molecule is CCC(C)C(O)OCCOCOCCSCC(C)C(=O)OCCO. The molecular weight excluding hydrogens is 336 g/mol. The van der Waals surface area contributed by atoms with E-state index in [2.05, 4.69) is 0 Å². The Morgan fingerprint density at radius 2 is 1.83 bits per heavy atom. The third-order valence-corrected chi connectivity index (χ3v) is 4.48. The molecule has 0 aromatic heterocycles. The van der Waals surface area contributed by atoms with Crippen molar-refractivity contribution in [3.8, 4) is 0 Å². The van der Waals surface area contributed by atoms with Gasteiger partial charge in [-0.2, -0.15) is 11.8 Å². The molecule has 0 heterocycles. The molecule has 0 spiro atoms. The Hall–Kier alpha value is -0.380. The fourth-order valence-corrected chi connectivity index (χ4v) is 2.40. The number of ether oxygens (including phenoxy) is 4. The topological polar surface area (TPSA) is 94.5 Å². The lowest BCUT2D eigenvalue weighted by Gasteiger charge is -2.17. The van der Waals surface area contributed by atoms with Crippen LogP contribution in [0, 0.1) is 11.8 Å². The smallest absolute Gasteiger partial charge is 0.309 e. The van der Waals surface area contributed by atoms with Crippen molar-refractivity contribution >= 4 is 17.7 Å². The monoisotopic (exact) mass is 368 g/mol. The minimum absolute atomic E-state index is 0.0480. The first-order chi connectivity index (χ1) is 11.5. The fourth-order valence-electron chi connectivity index (χ4n) is 1.50. The standard InChI is InChI=1S/C16H32O7S/c1-4-13(2)15(18)23-8-7-20-12-21-9-10-24-11-14(3)16(19)22-6-5-17/h13-15,17-18H,4-12H2,1-3H3. The lowest BCUT2D eigenvalue weighted by molar-refractivity contribution is -0.150. The predicted molar refractivity (Wildman–Crippen MR) is 92.7 cm³/mol. The summed E-state index contributed by atoms with van der Waals surface area (Å²) in [5, 5.41) is 18.2. The molecule has 0 aromatic carbocycles. The zero-order chi connectivity index (χ0) is 18.2. The Balaban J connectivity index is 3.35. The number of carbonyl (C=O) groups is 1. The molecule has 24 heavy (non-hydrogen) atoms. The van der Waals surface area contributed by atoms with Gasteiger partial charge in [-0.15, -0.1) is 0 Å². The van der Waals surface area contributed by atoms with Crippen LogP contribution in [0.1, 0.15) is 27.2 Å². The molecule has 0 amide bonds. The van der Waals surface area contributed by atoms with Gasteiger partial charge in [-0.05, 0) is 6.42 Å². The number of carbonyl (C=O) groups excluding carboxylic acids is 1. The maximum Gasteiger partial charge on any atom is 0.309 e. The molecule has 2 N–H and O–H groups in total. The molecule has 0 fully saturated rings. The van der Waals surface area contributed by atoms with E-state index in [0.717, 1.165) is 12.2 Å². The van der Waals surface area contributed by atoms with Crippen LogP contribution in [0.5, 0.6) is 0 Å². The van der Waals surface area contributed by atoms with Crippen LogP contribution >= 0.6 is 11.8 Å². The highest BCUT2D eigenvalue weighted by Gasteiger charge is 2.14. The van der Waals surface area contributed by atoms with Crippen LogP contribution in [0.2, 0.25) is 0 Å². The highest BCUT2D eigenvalue weighted by molar-refractivity contribution is 7.99. The number of aliphatic hydroxyl groups excluding tert-OH is 2. The Kier molecular flexibility index (Phi) is 15.9. The molecule has 0 saturated heterocycles. The summed E-state index contributed by atoms with van der Waals surface area (Å²) in [6.07, 6.45) is 0.114. The third-order valence-electron chi connectivity index (χ3n) is 3.29. The molecule has 0 saturated carbocycles. The number of aliphatic hydroxyl groups is 2. The van der Waals surface area contributed by atoms with E-state index < -0.39 is 6.29 Å². The molecular formula is C16H32O7S. The molecule has 3 atom stereocenters. The molecule has 0 bridgehead atoms. The first kappa shape index (κ1) is 23.6. The number of esters is 1. The van der Waals surface area contributed by atoms with Crippen LogP contribution in [-0.2, 0) is 23.7 Å². The maximum absolute atomic E-state index is 11.5. The number of hydrogen-bond donors (Lipinski definition) is 2. The van der Waals surface area contributed by atoms with Gasteiger partial charge in [0.25, 0.3) is 0 Å². The summed E-state index contributed by atoms with van der Waals surface area (Å²) in [6, 6.07) is 0. The zero-order valence-corrected chi connectivity index (χ0v) is 15.8. The van der Waals surface area contributed by atoms with E-state index in [4.69, 9.17) is 24.1 Å². The summed E-state index contributed by atoms with van der Waals surface area (Å²) in [7, 11) is 0. The second-order valence-electron chi connectivity index (χ2n) is 5.45. The van der Waals surface area contributed by atoms with Crippen molar-refractivity contribution < 1.29 is 34.0 Å². The van der Waals surface area contributed by atoms with Crippen LogP contribution in [-0.4, -0.2) is 73.8 Å². The van der Waals surface area contributed by atoms with Crippen molar-refractivity contribution in [3.63, 3.8) is 0 Å². The van der Waals surface area contributed by atoms with Crippen LogP contribution in [0.4, 0.5) is 0 Å². The van der Waals surface area contributed by atoms with Crippen molar-refractivity contribution in [2.45, 2.75) is 33.5 Å². The normalized spacial score (nSPS) is 15.0. The summed E-state index contributed by atoms with van der Waals surface area (Å²) >= 11 is 1.60. The molecule has 0 aliphatic heterocycles. The zero-order valence-electron chi connectivity index (χ0n) is 14.9. The summed E-state index contributed by atoms with van der Waals surface area (Å²) in [5.41, 5.74) is 0. The Morgan fingerprint density at radius 3 is 2.50 bits per heavy atom. The van der Waals surface area contributed by atoms with Gasteiger partial charge in [0.15, 0.2) is 6.29 Å². The van der Waals surface area contributed by atoms with Gasteiger partial charge in [-0.3, -0.25) is 4.79 Å². The van der Waals surface area contributed by atoms with E-state index in [1.165, 1.54) is 0 Å². The minimum Gasteiger partial charge on any atom is -0.463 e. The maximum atomic E-state index is 11.5. The Morgan fingerprint density at radius 1 is 1.12 bits per heavy atom. The Bertz CT molecular complexity index is 304. The highest BCUT2D eigenvalue weighted by atomic mass is 32.2. The molecule has 0 aliphatic rings. The number of thioether (sulfide) groups is 1. The van der Waals surface area contributed by atoms with Crippen LogP contribution in [0.3, 0.4) is 0 Å². The van der Waals surface area contributed by atoms with Crippen molar-refractivity contribution in [3.05, 3.63) is 0 Å². The van der Waals surface area contributed by atoms with E-state index in [1.807, 2.05) is 13.8 Å². The molecule has 7 nitrogen and oxygen atoms in total. The molecule has 0 rings (SSSR count). The van der Waals surface area contributed by atoms with E-state index in [-0.39, 0.29) is 37.8 Å². The van der Waals surface area contributed by atoms with E-state index in [1.54, 1.807) is 18.7 Å². The number of rotatable bonds is 16. The van der Waals surface area contributed by atoms with Crippen molar-refractivity contribution in [1.29, 1.82) is 0 Å². The number of hydrogen-bond acceptors (Lipinski definition) is 8. The van der Waals surface area contributed by atoms with Gasteiger partial charge in [0.05, 0.1) is 32.3 Å². The van der Waals surface area contributed by atoms with Gasteiger partial charge in [-0.25, -0.2) is 0 Å². The average molecular weight is 368 g/mol. The largest absolute Gasteiger partial charge is 0.463 e. The van der Waals surface area contributed by atoms with Gasteiger partial charge in [0.2, 0.25) is 0 Å². The molecule has 0 aromatic rings. The third kappa shape index (κ3) is 13.0. The van der Waals surface area contributed by atoms with Crippen LogP contribution < -0.4 is 0 Å². The summed E-state index contributed by atoms with van der Waals surface area (Å²) in [6.45, 7) is 7.03. The summed E-state index contributed by atoms with van der Waals surface area (Å²) < 4.78 is 20.6. The predicted octanol–water partition coefficient (Wildman–Crippen LogP) is 1.26. The second-order valence-corrected chi connectivity index (χ2v) is 6.60. The minimum atomic E-state index is -0.748. The Labute approximate surface area is 149 Å². The van der Waals surface area contributed by atoms with Gasteiger partial charge in [-0.1, -0.05) is 20.8 Å². The van der Waals surface area contributed by atoms with Crippen LogP contribution in [0.15, 0.2) is 0 Å². The fraction of sp³-hybridized carbons (Fsp3) is 0.938. The first-order valence-corrected chi connectivity index (χ1v) is 9.48. The summed E-state index contributed by atoms with van der Waals surface area (Å²) in [5.74, 6) is 1.02. The van der Waals surface area contributed by atoms with Crippen molar-refractivity contribution in [2.24, 2.45) is 11.8 Å². The van der Waals surface area contributed by atoms with Crippen molar-refractivity contribution in [1.82, 2.24) is 0 Å². The molecule has 8 heteroatoms. The first-order valence-electron chi connectivity index (χ1n) is 8.33. The van der Waals surface area contributed by atoms with E-state index in [9.17, 15) is 9.90 Å². The second kappa shape index (κ2) is 16.1. The summed E-state index contributed by atoms with van der Waals surface area (Å²) in [4.78, 5) is 11.5. The molecule has 3 unspecified atom stereocenters. The van der Waals surface area contributed by atoms with Gasteiger partial charge in [0, 0.05) is 17.4 Å². The average Bonchev–Trinajstić information content (AvgIpc) is 2.59. The van der Waals surface area contributed by atoms with E-state index >= 15 is 0 Å². The highest BCUT2D eigenvalue weighted by Crippen LogP contribution is 2.10. The lowest BCUT2D eigenvalue weighted by Crippen LogP contribution is -2.23. The van der Waals surface area contributed by atoms with E-state index in [0.29, 0.717) is 25.6 Å². The van der Waals surface area contributed by atoms with Crippen molar-refractivity contribution in [2.75, 3.05) is 51.3 Å². The van der Waals surface area contributed by atoms with Gasteiger partial charge >= 0.3 is 5.97 Å². The molecule has 0 radical (unpaired) electrons.